The maximum Gasteiger partial charge on any atom is 0.0545 e. The molecule has 0 saturated heterocycles. The van der Waals surface area contributed by atoms with Crippen molar-refractivity contribution in [3.63, 3.8) is 0 Å². The molecule has 0 bridgehead atoms. The maximum atomic E-state index is 12.0. The average molecular weight is 239 g/mol. The summed E-state index contributed by atoms with van der Waals surface area (Å²) in [6.45, 7) is 8.24. The van der Waals surface area contributed by atoms with E-state index in [1.54, 1.807) is 0 Å². The van der Waals surface area contributed by atoms with Crippen molar-refractivity contribution in [1.29, 1.82) is 0 Å². The van der Waals surface area contributed by atoms with Crippen molar-refractivity contribution in [2.24, 2.45) is 11.1 Å². The predicted molar refractivity (Wildman–Crippen MR) is 69.9 cm³/mol. The van der Waals surface area contributed by atoms with Crippen LogP contribution in [0.2, 0.25) is 0 Å². The van der Waals surface area contributed by atoms with Crippen LogP contribution >= 0.6 is 0 Å². The number of rotatable bonds is 3. The molecular weight excluding hydrogens is 218 g/mol. The molecule has 1 unspecified atom stereocenters. The Morgan fingerprint density at radius 1 is 1.25 bits per heavy atom. The molecule has 0 heterocycles. The van der Waals surface area contributed by atoms with Crippen LogP contribution in [-0.2, 0) is 10.8 Å². The van der Waals surface area contributed by atoms with Crippen LogP contribution in [0.25, 0.3) is 0 Å². The van der Waals surface area contributed by atoms with Crippen molar-refractivity contribution in [2.45, 2.75) is 38.6 Å². The van der Waals surface area contributed by atoms with Crippen LogP contribution in [-0.4, -0.2) is 16.0 Å². The molecule has 2 nitrogen and oxygen atoms in total. The Kier molecular flexibility index (Phi) is 4.28. The van der Waals surface area contributed by atoms with E-state index in [0.717, 1.165) is 4.90 Å². The zero-order valence-corrected chi connectivity index (χ0v) is 11.3. The van der Waals surface area contributed by atoms with Gasteiger partial charge in [-0.1, -0.05) is 38.5 Å². The van der Waals surface area contributed by atoms with Gasteiger partial charge >= 0.3 is 0 Å². The van der Waals surface area contributed by atoms with Gasteiger partial charge < -0.3 is 5.73 Å². The van der Waals surface area contributed by atoms with E-state index in [0.29, 0.717) is 5.75 Å². The molecule has 0 radical (unpaired) electrons. The zero-order chi connectivity index (χ0) is 12.3. The second kappa shape index (κ2) is 5.11. The number of benzene rings is 1. The van der Waals surface area contributed by atoms with Gasteiger partial charge in [0, 0.05) is 16.7 Å². The van der Waals surface area contributed by atoms with Crippen LogP contribution in [0.1, 0.15) is 26.3 Å². The van der Waals surface area contributed by atoms with Crippen LogP contribution in [0.4, 0.5) is 0 Å². The Morgan fingerprint density at radius 3 is 2.19 bits per heavy atom. The third-order valence-electron chi connectivity index (χ3n) is 2.73. The van der Waals surface area contributed by atoms with Gasteiger partial charge in [-0.05, 0) is 24.5 Å². The first-order valence-corrected chi connectivity index (χ1v) is 6.83. The topological polar surface area (TPSA) is 43.1 Å². The molecule has 0 fully saturated rings. The summed E-state index contributed by atoms with van der Waals surface area (Å²) in [6.07, 6.45) is 0. The summed E-state index contributed by atoms with van der Waals surface area (Å²) in [7, 11) is -0.993. The zero-order valence-electron chi connectivity index (χ0n) is 10.5. The monoisotopic (exact) mass is 239 g/mol. The molecule has 0 amide bonds. The highest BCUT2D eigenvalue weighted by Crippen LogP contribution is 2.19. The van der Waals surface area contributed by atoms with Crippen molar-refractivity contribution >= 4 is 10.8 Å². The van der Waals surface area contributed by atoms with Gasteiger partial charge in [-0.3, -0.25) is 4.21 Å². The van der Waals surface area contributed by atoms with Crippen molar-refractivity contribution in [2.75, 3.05) is 5.75 Å². The first-order valence-electron chi connectivity index (χ1n) is 5.51. The Morgan fingerprint density at radius 2 is 1.75 bits per heavy atom. The molecule has 0 saturated carbocycles. The number of aryl methyl sites for hydroxylation is 1. The lowest BCUT2D eigenvalue weighted by molar-refractivity contribution is 0.342. The summed E-state index contributed by atoms with van der Waals surface area (Å²) in [4.78, 5) is 0.866. The van der Waals surface area contributed by atoms with E-state index in [-0.39, 0.29) is 11.5 Å². The smallest absolute Gasteiger partial charge is 0.0545 e. The minimum Gasteiger partial charge on any atom is -0.326 e. The van der Waals surface area contributed by atoms with E-state index < -0.39 is 10.8 Å². The first-order chi connectivity index (χ1) is 7.30. The van der Waals surface area contributed by atoms with Gasteiger partial charge in [0.2, 0.25) is 0 Å². The van der Waals surface area contributed by atoms with Crippen molar-refractivity contribution < 1.29 is 4.21 Å². The summed E-state index contributed by atoms with van der Waals surface area (Å²) in [5, 5.41) is 0. The first kappa shape index (κ1) is 13.4. The van der Waals surface area contributed by atoms with Gasteiger partial charge in [0.1, 0.15) is 0 Å². The van der Waals surface area contributed by atoms with Gasteiger partial charge in [0.15, 0.2) is 0 Å². The molecule has 2 N–H and O–H groups in total. The van der Waals surface area contributed by atoms with E-state index in [4.69, 9.17) is 5.73 Å². The number of hydrogen-bond acceptors (Lipinski definition) is 2. The van der Waals surface area contributed by atoms with Crippen LogP contribution < -0.4 is 5.73 Å². The lowest BCUT2D eigenvalue weighted by Crippen LogP contribution is -2.39. The summed E-state index contributed by atoms with van der Waals surface area (Å²) in [6, 6.07) is 7.75. The van der Waals surface area contributed by atoms with Crippen molar-refractivity contribution in [1.82, 2.24) is 0 Å². The third kappa shape index (κ3) is 3.72. The number of nitrogens with two attached hydrogens (primary N) is 1. The lowest BCUT2D eigenvalue weighted by Gasteiger charge is -2.26. The lowest BCUT2D eigenvalue weighted by atomic mass is 9.89. The molecule has 2 atom stereocenters. The molecule has 0 aliphatic carbocycles. The van der Waals surface area contributed by atoms with E-state index in [2.05, 4.69) is 20.8 Å². The summed E-state index contributed by atoms with van der Waals surface area (Å²) < 4.78 is 12.0. The molecular formula is C13H21NOS. The van der Waals surface area contributed by atoms with E-state index >= 15 is 0 Å². The molecule has 1 rings (SSSR count). The van der Waals surface area contributed by atoms with Crippen LogP contribution in [0.15, 0.2) is 29.2 Å². The molecule has 0 aliphatic rings. The number of hydrogen-bond donors (Lipinski definition) is 1. The minimum absolute atomic E-state index is 0.000354. The fourth-order valence-electron chi connectivity index (χ4n) is 1.20. The second-order valence-electron chi connectivity index (χ2n) is 5.30. The Balaban J connectivity index is 2.70. The molecule has 1 aromatic carbocycles. The fraction of sp³-hybridized carbons (Fsp3) is 0.538. The van der Waals surface area contributed by atoms with Gasteiger partial charge in [0.25, 0.3) is 0 Å². The molecule has 16 heavy (non-hydrogen) atoms. The highest BCUT2D eigenvalue weighted by molar-refractivity contribution is 7.85. The Labute approximate surface area is 101 Å². The van der Waals surface area contributed by atoms with Crippen LogP contribution in [0, 0.1) is 12.3 Å². The van der Waals surface area contributed by atoms with Crippen LogP contribution in [0.5, 0.6) is 0 Å². The minimum atomic E-state index is -0.993. The largest absolute Gasteiger partial charge is 0.326 e. The summed E-state index contributed by atoms with van der Waals surface area (Å²) >= 11 is 0. The highest BCUT2D eigenvalue weighted by Gasteiger charge is 2.22. The molecule has 90 valence electrons. The van der Waals surface area contributed by atoms with Crippen molar-refractivity contribution in [3.05, 3.63) is 29.8 Å². The fourth-order valence-corrected chi connectivity index (χ4v) is 2.66. The van der Waals surface area contributed by atoms with E-state index in [9.17, 15) is 4.21 Å². The highest BCUT2D eigenvalue weighted by atomic mass is 32.2. The average Bonchev–Trinajstić information content (AvgIpc) is 2.17. The van der Waals surface area contributed by atoms with Crippen molar-refractivity contribution in [3.8, 4) is 0 Å². The van der Waals surface area contributed by atoms with E-state index in [1.165, 1.54) is 5.56 Å². The van der Waals surface area contributed by atoms with Gasteiger partial charge in [-0.2, -0.15) is 0 Å². The molecule has 1 aromatic rings. The Hall–Kier alpha value is -0.670. The normalized spacial score (nSPS) is 15.8. The van der Waals surface area contributed by atoms with Gasteiger partial charge in [-0.25, -0.2) is 0 Å². The Bertz CT molecular complexity index is 365. The second-order valence-corrected chi connectivity index (χ2v) is 6.79. The molecule has 0 aromatic heterocycles. The standard InChI is InChI=1S/C13H21NOS/c1-10-5-7-11(8-6-10)16(15)9-12(14)13(2,3)4/h5-8,12H,9,14H2,1-4H3/t12-,16?/m0/s1. The summed E-state index contributed by atoms with van der Waals surface area (Å²) in [5.41, 5.74) is 7.21. The summed E-state index contributed by atoms with van der Waals surface area (Å²) in [5.74, 6) is 0.520. The van der Waals surface area contributed by atoms with Gasteiger partial charge in [-0.15, -0.1) is 0 Å². The molecule has 0 spiro atoms. The molecule has 0 aliphatic heterocycles. The third-order valence-corrected chi connectivity index (χ3v) is 4.19. The maximum absolute atomic E-state index is 12.0. The SMILES string of the molecule is Cc1ccc(S(=O)C[C@H](N)C(C)(C)C)cc1. The van der Waals surface area contributed by atoms with E-state index in [1.807, 2.05) is 31.2 Å². The van der Waals surface area contributed by atoms with Crippen LogP contribution in [0.3, 0.4) is 0 Å². The predicted octanol–water partition coefficient (Wildman–Crippen LogP) is 2.48. The van der Waals surface area contributed by atoms with Gasteiger partial charge in [0.05, 0.1) is 10.8 Å². The molecule has 3 heteroatoms. The quantitative estimate of drug-likeness (QED) is 0.880.